The van der Waals surface area contributed by atoms with Crippen LogP contribution in [0.2, 0.25) is 0 Å². The van der Waals surface area contributed by atoms with E-state index in [0.717, 1.165) is 23.2 Å². The molecule has 1 atom stereocenters. The van der Waals surface area contributed by atoms with E-state index >= 15 is 0 Å². The number of nitrogens with zero attached hydrogens (tertiary/aromatic N) is 2. The molecule has 28 heavy (non-hydrogen) atoms. The standard InChI is InChI=1S/C22H23N3O2S/c1-15-8-10-20(12-16(15)2)28(26,27)24-22-11-9-19(14-23-22)25-17(3)13-18-6-4-5-7-21(18)25/h4-12,14,17H,13H2,1-3H3,(H,23,24). The first-order valence-corrected chi connectivity index (χ1v) is 10.8. The van der Waals surface area contributed by atoms with E-state index in [4.69, 9.17) is 0 Å². The lowest BCUT2D eigenvalue weighted by atomic mass is 10.1. The van der Waals surface area contributed by atoms with E-state index in [1.54, 1.807) is 24.4 Å². The van der Waals surface area contributed by atoms with E-state index in [-0.39, 0.29) is 4.90 Å². The summed E-state index contributed by atoms with van der Waals surface area (Å²) in [5.74, 6) is 0.308. The zero-order valence-corrected chi connectivity index (χ0v) is 17.0. The third kappa shape index (κ3) is 3.36. The van der Waals surface area contributed by atoms with Crippen molar-refractivity contribution in [1.82, 2.24) is 4.98 Å². The Morgan fingerprint density at radius 3 is 2.54 bits per heavy atom. The van der Waals surface area contributed by atoms with E-state index in [1.165, 1.54) is 11.3 Å². The summed E-state index contributed by atoms with van der Waals surface area (Å²) in [5.41, 5.74) is 5.44. The zero-order valence-electron chi connectivity index (χ0n) is 16.2. The number of benzene rings is 2. The highest BCUT2D eigenvalue weighted by atomic mass is 32.2. The van der Waals surface area contributed by atoms with Crippen LogP contribution in [0.25, 0.3) is 0 Å². The second-order valence-corrected chi connectivity index (χ2v) is 8.99. The molecule has 1 aliphatic heterocycles. The maximum Gasteiger partial charge on any atom is 0.263 e. The quantitative estimate of drug-likeness (QED) is 0.705. The minimum absolute atomic E-state index is 0.239. The second-order valence-electron chi connectivity index (χ2n) is 7.31. The lowest BCUT2D eigenvalue weighted by molar-refractivity contribution is 0.601. The van der Waals surface area contributed by atoms with Crippen LogP contribution in [0, 0.1) is 13.8 Å². The minimum Gasteiger partial charge on any atom is -0.337 e. The summed E-state index contributed by atoms with van der Waals surface area (Å²) < 4.78 is 27.9. The Morgan fingerprint density at radius 2 is 1.82 bits per heavy atom. The number of nitrogens with one attached hydrogen (secondary N) is 1. The number of anilines is 3. The largest absolute Gasteiger partial charge is 0.337 e. The molecule has 3 aromatic rings. The third-order valence-electron chi connectivity index (χ3n) is 5.26. The van der Waals surface area contributed by atoms with Crippen molar-refractivity contribution in [3.05, 3.63) is 77.5 Å². The van der Waals surface area contributed by atoms with Gasteiger partial charge in [0.05, 0.1) is 16.8 Å². The lowest BCUT2D eigenvalue weighted by Crippen LogP contribution is -2.24. The van der Waals surface area contributed by atoms with Crippen LogP contribution in [-0.4, -0.2) is 19.4 Å². The smallest absolute Gasteiger partial charge is 0.263 e. The van der Waals surface area contributed by atoms with Crippen LogP contribution in [0.1, 0.15) is 23.6 Å². The van der Waals surface area contributed by atoms with Crippen molar-refractivity contribution in [1.29, 1.82) is 0 Å². The number of rotatable bonds is 4. The molecule has 5 nitrogen and oxygen atoms in total. The predicted molar refractivity (Wildman–Crippen MR) is 113 cm³/mol. The van der Waals surface area contributed by atoms with Crippen molar-refractivity contribution in [3.8, 4) is 0 Å². The topological polar surface area (TPSA) is 62.3 Å². The fourth-order valence-electron chi connectivity index (χ4n) is 3.63. The van der Waals surface area contributed by atoms with Crippen LogP contribution in [0.3, 0.4) is 0 Å². The van der Waals surface area contributed by atoms with Crippen molar-refractivity contribution in [2.24, 2.45) is 0 Å². The summed E-state index contributed by atoms with van der Waals surface area (Å²) in [6.45, 7) is 6.03. The fourth-order valence-corrected chi connectivity index (χ4v) is 4.72. The molecule has 1 aromatic heterocycles. The Bertz CT molecular complexity index is 1120. The van der Waals surface area contributed by atoms with Gasteiger partial charge < -0.3 is 4.90 Å². The second kappa shape index (κ2) is 6.95. The van der Waals surface area contributed by atoms with Gasteiger partial charge in [0.1, 0.15) is 5.82 Å². The van der Waals surface area contributed by atoms with Gasteiger partial charge in [-0.15, -0.1) is 0 Å². The summed E-state index contributed by atoms with van der Waals surface area (Å²) in [6, 6.07) is 17.4. The fraction of sp³-hybridized carbons (Fsp3) is 0.227. The van der Waals surface area contributed by atoms with Crippen molar-refractivity contribution in [2.45, 2.75) is 38.1 Å². The first-order valence-electron chi connectivity index (χ1n) is 9.28. The number of pyridine rings is 1. The molecule has 0 saturated heterocycles. The summed E-state index contributed by atoms with van der Waals surface area (Å²) in [5, 5.41) is 0. The summed E-state index contributed by atoms with van der Waals surface area (Å²) in [6.07, 6.45) is 2.70. The summed E-state index contributed by atoms with van der Waals surface area (Å²) in [7, 11) is -3.67. The third-order valence-corrected chi connectivity index (χ3v) is 6.61. The van der Waals surface area contributed by atoms with Gasteiger partial charge in [-0.25, -0.2) is 13.4 Å². The molecular weight excluding hydrogens is 370 g/mol. The number of aryl methyl sites for hydroxylation is 2. The normalized spacial score (nSPS) is 16.1. The molecule has 0 amide bonds. The van der Waals surface area contributed by atoms with Crippen LogP contribution >= 0.6 is 0 Å². The number of aromatic nitrogens is 1. The van der Waals surface area contributed by atoms with Crippen molar-refractivity contribution in [2.75, 3.05) is 9.62 Å². The highest BCUT2D eigenvalue weighted by molar-refractivity contribution is 7.92. The van der Waals surface area contributed by atoms with Crippen LogP contribution in [0.15, 0.2) is 65.7 Å². The molecule has 0 saturated carbocycles. The van der Waals surface area contributed by atoms with Gasteiger partial charge in [-0.3, -0.25) is 4.72 Å². The molecule has 2 heterocycles. The van der Waals surface area contributed by atoms with E-state index in [0.29, 0.717) is 11.9 Å². The molecule has 0 radical (unpaired) electrons. The molecule has 1 unspecified atom stereocenters. The average molecular weight is 394 g/mol. The van der Waals surface area contributed by atoms with Gasteiger partial charge in [0, 0.05) is 11.7 Å². The maximum atomic E-state index is 12.7. The Hall–Kier alpha value is -2.86. The number of hydrogen-bond donors (Lipinski definition) is 1. The summed E-state index contributed by atoms with van der Waals surface area (Å²) >= 11 is 0. The predicted octanol–water partition coefficient (Wildman–Crippen LogP) is 4.58. The Balaban J connectivity index is 1.58. The highest BCUT2D eigenvalue weighted by Gasteiger charge is 2.27. The van der Waals surface area contributed by atoms with Crippen molar-refractivity contribution >= 4 is 27.2 Å². The zero-order chi connectivity index (χ0) is 19.9. The van der Waals surface area contributed by atoms with Gasteiger partial charge in [0.2, 0.25) is 0 Å². The highest BCUT2D eigenvalue weighted by Crippen LogP contribution is 2.37. The molecular formula is C22H23N3O2S. The first kappa shape index (κ1) is 18.5. The molecule has 4 rings (SSSR count). The number of para-hydroxylation sites is 1. The minimum atomic E-state index is -3.67. The molecule has 144 valence electrons. The molecule has 6 heteroatoms. The maximum absolute atomic E-state index is 12.7. The molecule has 1 aliphatic rings. The van der Waals surface area contributed by atoms with Crippen molar-refractivity contribution in [3.63, 3.8) is 0 Å². The SMILES string of the molecule is Cc1ccc(S(=O)(=O)Nc2ccc(N3c4ccccc4CC3C)cn2)cc1C. The Labute approximate surface area is 166 Å². The number of hydrogen-bond acceptors (Lipinski definition) is 4. The lowest BCUT2D eigenvalue weighted by Gasteiger charge is -2.24. The number of sulfonamides is 1. The van der Waals surface area contributed by atoms with E-state index in [9.17, 15) is 8.42 Å². The van der Waals surface area contributed by atoms with Gasteiger partial charge in [0.15, 0.2) is 0 Å². The molecule has 0 spiro atoms. The van der Waals surface area contributed by atoms with E-state index in [1.807, 2.05) is 32.0 Å². The molecule has 0 fully saturated rings. The van der Waals surface area contributed by atoms with Gasteiger partial charge in [0.25, 0.3) is 10.0 Å². The molecule has 1 N–H and O–H groups in total. The van der Waals surface area contributed by atoms with Crippen LogP contribution < -0.4 is 9.62 Å². The average Bonchev–Trinajstić information content (AvgIpc) is 3.00. The van der Waals surface area contributed by atoms with Crippen LogP contribution in [-0.2, 0) is 16.4 Å². The first-order chi connectivity index (χ1) is 13.3. The van der Waals surface area contributed by atoms with E-state index in [2.05, 4.69) is 39.7 Å². The Morgan fingerprint density at radius 1 is 1.04 bits per heavy atom. The van der Waals surface area contributed by atoms with Crippen LogP contribution in [0.4, 0.5) is 17.2 Å². The van der Waals surface area contributed by atoms with Crippen molar-refractivity contribution < 1.29 is 8.42 Å². The molecule has 0 aliphatic carbocycles. The van der Waals surface area contributed by atoms with Gasteiger partial charge in [-0.05, 0) is 74.2 Å². The Kier molecular flexibility index (Phi) is 4.59. The van der Waals surface area contributed by atoms with Gasteiger partial charge >= 0.3 is 0 Å². The van der Waals surface area contributed by atoms with E-state index < -0.39 is 10.0 Å². The molecule has 2 aromatic carbocycles. The monoisotopic (exact) mass is 393 g/mol. The molecule has 0 bridgehead atoms. The summed E-state index contributed by atoms with van der Waals surface area (Å²) in [4.78, 5) is 6.83. The number of fused-ring (bicyclic) bond motifs is 1. The van der Waals surface area contributed by atoms with Crippen LogP contribution in [0.5, 0.6) is 0 Å². The van der Waals surface area contributed by atoms with Gasteiger partial charge in [-0.1, -0.05) is 24.3 Å². The van der Waals surface area contributed by atoms with Gasteiger partial charge in [-0.2, -0.15) is 0 Å².